The van der Waals surface area contributed by atoms with Gasteiger partial charge in [-0.25, -0.2) is 4.98 Å². The highest BCUT2D eigenvalue weighted by atomic mass is 32.2. The molecular formula is C30H34N4O2S. The summed E-state index contributed by atoms with van der Waals surface area (Å²) in [4.78, 5) is 37.2. The van der Waals surface area contributed by atoms with E-state index in [0.717, 1.165) is 42.0 Å². The molecule has 192 valence electrons. The van der Waals surface area contributed by atoms with E-state index in [9.17, 15) is 9.59 Å². The van der Waals surface area contributed by atoms with Gasteiger partial charge in [-0.15, -0.1) is 0 Å². The van der Waals surface area contributed by atoms with Crippen LogP contribution < -0.4 is 15.8 Å². The van der Waals surface area contributed by atoms with E-state index in [1.165, 1.54) is 11.8 Å². The zero-order valence-electron chi connectivity index (χ0n) is 21.9. The van der Waals surface area contributed by atoms with Gasteiger partial charge < -0.3 is 15.2 Å². The molecule has 37 heavy (non-hydrogen) atoms. The Morgan fingerprint density at radius 3 is 2.38 bits per heavy atom. The minimum atomic E-state index is -0.440. The van der Waals surface area contributed by atoms with Crippen molar-refractivity contribution in [2.75, 3.05) is 23.3 Å². The Labute approximate surface area is 222 Å². The molecule has 0 amide bonds. The van der Waals surface area contributed by atoms with Gasteiger partial charge in [0.15, 0.2) is 10.9 Å². The molecule has 2 heterocycles. The van der Waals surface area contributed by atoms with Gasteiger partial charge in [0.1, 0.15) is 5.82 Å². The van der Waals surface area contributed by atoms with Crippen molar-refractivity contribution in [2.45, 2.75) is 57.4 Å². The zero-order chi connectivity index (χ0) is 26.2. The standard InChI is InChI=1S/C30H34N4O2S/c1-5-34(6-2)21-14-12-20(13-15-21)24-25-22(16-30(3,4)17-23(25)35)31-27-26(24)28(36)33-29(32-27)37-18-19-10-8-7-9-11-19/h7-15,24H,5-6,16-18H2,1-4H3,(H2,31,32,33,36). The smallest absolute Gasteiger partial charge is 0.257 e. The first-order valence-electron chi connectivity index (χ1n) is 13.0. The molecule has 6 nitrogen and oxygen atoms in total. The molecule has 1 aliphatic heterocycles. The number of thioether (sulfide) groups is 1. The van der Waals surface area contributed by atoms with Gasteiger partial charge in [-0.3, -0.25) is 9.59 Å². The molecule has 1 atom stereocenters. The van der Waals surface area contributed by atoms with Crippen molar-refractivity contribution >= 4 is 29.1 Å². The lowest BCUT2D eigenvalue weighted by Crippen LogP contribution is -2.37. The second-order valence-electron chi connectivity index (χ2n) is 10.6. The molecule has 3 aromatic rings. The highest BCUT2D eigenvalue weighted by molar-refractivity contribution is 7.98. The van der Waals surface area contributed by atoms with Crippen molar-refractivity contribution in [3.8, 4) is 0 Å². The normalized spacial score (nSPS) is 18.2. The van der Waals surface area contributed by atoms with Gasteiger partial charge in [-0.1, -0.05) is 68.1 Å². The molecule has 0 saturated carbocycles. The molecule has 0 spiro atoms. The van der Waals surface area contributed by atoms with E-state index in [0.29, 0.717) is 34.3 Å². The number of carbonyl (C=O) groups excluding carboxylic acids is 1. The number of ketones is 1. The molecule has 2 aliphatic rings. The van der Waals surface area contributed by atoms with Crippen LogP contribution in [0.2, 0.25) is 0 Å². The van der Waals surface area contributed by atoms with E-state index >= 15 is 0 Å². The first kappa shape index (κ1) is 25.3. The maximum Gasteiger partial charge on any atom is 0.257 e. The number of aromatic nitrogens is 2. The molecule has 1 aliphatic carbocycles. The van der Waals surface area contributed by atoms with Crippen LogP contribution in [0.5, 0.6) is 0 Å². The van der Waals surface area contributed by atoms with Crippen molar-refractivity contribution in [1.82, 2.24) is 9.97 Å². The van der Waals surface area contributed by atoms with Gasteiger partial charge in [0, 0.05) is 48.1 Å². The SMILES string of the molecule is CCN(CC)c1ccc(C2C3=C(CC(C)(C)CC3=O)Nc3nc(SCc4ccccc4)[nH]c(=O)c32)cc1. The Balaban J connectivity index is 1.57. The molecule has 1 aromatic heterocycles. The predicted molar refractivity (Wildman–Crippen MR) is 151 cm³/mol. The number of anilines is 2. The number of H-pyrrole nitrogens is 1. The number of carbonyl (C=O) groups is 1. The van der Waals surface area contributed by atoms with E-state index in [1.54, 1.807) is 0 Å². The quantitative estimate of drug-likeness (QED) is 0.293. The average molecular weight is 515 g/mol. The van der Waals surface area contributed by atoms with Crippen LogP contribution in [0.25, 0.3) is 0 Å². The van der Waals surface area contributed by atoms with E-state index < -0.39 is 5.92 Å². The second-order valence-corrected chi connectivity index (χ2v) is 11.5. The van der Waals surface area contributed by atoms with E-state index in [-0.39, 0.29) is 16.8 Å². The summed E-state index contributed by atoms with van der Waals surface area (Å²) in [5, 5.41) is 3.99. The number of hydrogen-bond acceptors (Lipinski definition) is 6. The number of benzene rings is 2. The fourth-order valence-corrected chi connectivity index (χ4v) is 6.30. The Bertz CT molecular complexity index is 1390. The molecule has 0 bridgehead atoms. The fraction of sp³-hybridized carbons (Fsp3) is 0.367. The van der Waals surface area contributed by atoms with Gasteiger partial charge in [0.05, 0.1) is 5.56 Å². The van der Waals surface area contributed by atoms with Gasteiger partial charge >= 0.3 is 0 Å². The van der Waals surface area contributed by atoms with Crippen LogP contribution in [0.1, 0.15) is 63.1 Å². The zero-order valence-corrected chi connectivity index (χ0v) is 22.7. The Kier molecular flexibility index (Phi) is 6.99. The summed E-state index contributed by atoms with van der Waals surface area (Å²) < 4.78 is 0. The van der Waals surface area contributed by atoms with Crippen LogP contribution in [-0.2, 0) is 10.5 Å². The minimum absolute atomic E-state index is 0.101. The number of fused-ring (bicyclic) bond motifs is 1. The topological polar surface area (TPSA) is 78.1 Å². The number of aromatic amines is 1. The number of nitrogens with zero attached hydrogens (tertiary/aromatic N) is 2. The Morgan fingerprint density at radius 1 is 1.00 bits per heavy atom. The maximum atomic E-state index is 13.6. The molecule has 2 aromatic carbocycles. The number of hydrogen-bond donors (Lipinski definition) is 2. The molecular weight excluding hydrogens is 480 g/mol. The van der Waals surface area contributed by atoms with Crippen molar-refractivity contribution in [2.24, 2.45) is 5.41 Å². The van der Waals surface area contributed by atoms with Crippen LogP contribution >= 0.6 is 11.8 Å². The summed E-state index contributed by atoms with van der Waals surface area (Å²) in [6.45, 7) is 10.3. The number of rotatable bonds is 7. The van der Waals surface area contributed by atoms with Gasteiger partial charge in [-0.05, 0) is 48.9 Å². The van der Waals surface area contributed by atoms with E-state index in [2.05, 4.69) is 79.3 Å². The van der Waals surface area contributed by atoms with Crippen LogP contribution in [0.4, 0.5) is 11.5 Å². The summed E-state index contributed by atoms with van der Waals surface area (Å²) in [6, 6.07) is 18.4. The molecule has 0 radical (unpaired) electrons. The summed E-state index contributed by atoms with van der Waals surface area (Å²) in [6.07, 6.45) is 1.20. The predicted octanol–water partition coefficient (Wildman–Crippen LogP) is 6.11. The monoisotopic (exact) mass is 514 g/mol. The third-order valence-electron chi connectivity index (χ3n) is 7.27. The summed E-state index contributed by atoms with van der Waals surface area (Å²) in [5.74, 6) is 0.925. The summed E-state index contributed by atoms with van der Waals surface area (Å²) in [7, 11) is 0. The van der Waals surface area contributed by atoms with Crippen molar-refractivity contribution in [3.63, 3.8) is 0 Å². The highest BCUT2D eigenvalue weighted by Gasteiger charge is 2.42. The summed E-state index contributed by atoms with van der Waals surface area (Å²) in [5.41, 5.74) is 5.01. The molecule has 0 fully saturated rings. The van der Waals surface area contributed by atoms with Crippen molar-refractivity contribution in [3.05, 3.63) is 92.9 Å². The van der Waals surface area contributed by atoms with Crippen LogP contribution in [-0.4, -0.2) is 28.8 Å². The average Bonchev–Trinajstić information content (AvgIpc) is 2.87. The lowest BCUT2D eigenvalue weighted by atomic mass is 9.69. The largest absolute Gasteiger partial charge is 0.372 e. The third-order valence-corrected chi connectivity index (χ3v) is 8.22. The Hall–Kier alpha value is -3.32. The molecule has 0 saturated heterocycles. The Morgan fingerprint density at radius 2 is 1.70 bits per heavy atom. The van der Waals surface area contributed by atoms with E-state index in [4.69, 9.17) is 4.98 Å². The molecule has 1 unspecified atom stereocenters. The van der Waals surface area contributed by atoms with Crippen LogP contribution in [0, 0.1) is 5.41 Å². The van der Waals surface area contributed by atoms with Crippen LogP contribution in [0.3, 0.4) is 0 Å². The fourth-order valence-electron chi connectivity index (χ4n) is 5.49. The van der Waals surface area contributed by atoms with Gasteiger partial charge in [-0.2, -0.15) is 0 Å². The lowest BCUT2D eigenvalue weighted by molar-refractivity contribution is -0.118. The first-order chi connectivity index (χ1) is 17.8. The first-order valence-corrected chi connectivity index (χ1v) is 14.0. The number of Topliss-reactive ketones (excluding diaryl/α,β-unsaturated/α-hetero) is 1. The van der Waals surface area contributed by atoms with Crippen LogP contribution in [0.15, 0.2) is 75.8 Å². The van der Waals surface area contributed by atoms with Gasteiger partial charge in [0.25, 0.3) is 5.56 Å². The van der Waals surface area contributed by atoms with Gasteiger partial charge in [0.2, 0.25) is 0 Å². The molecule has 7 heteroatoms. The number of nitrogens with one attached hydrogen (secondary N) is 2. The van der Waals surface area contributed by atoms with Crippen molar-refractivity contribution in [1.29, 1.82) is 0 Å². The minimum Gasteiger partial charge on any atom is -0.372 e. The highest BCUT2D eigenvalue weighted by Crippen LogP contribution is 2.47. The number of allylic oxidation sites excluding steroid dienone is 2. The molecule has 2 N–H and O–H groups in total. The second kappa shape index (κ2) is 10.2. The lowest BCUT2D eigenvalue weighted by Gasteiger charge is -2.38. The third kappa shape index (κ3) is 5.10. The molecule has 5 rings (SSSR count). The van der Waals surface area contributed by atoms with E-state index in [1.807, 2.05) is 18.2 Å². The van der Waals surface area contributed by atoms with Crippen molar-refractivity contribution < 1.29 is 4.79 Å². The summed E-state index contributed by atoms with van der Waals surface area (Å²) >= 11 is 1.50. The maximum absolute atomic E-state index is 13.6.